The molecule has 1 aliphatic heterocycles. The van der Waals surface area contributed by atoms with Gasteiger partial charge in [0.1, 0.15) is 5.82 Å². The quantitative estimate of drug-likeness (QED) is 0.683. The summed E-state index contributed by atoms with van der Waals surface area (Å²) < 4.78 is 13.1. The molecule has 3 N–H and O–H groups in total. The first-order chi connectivity index (χ1) is 12.0. The number of hydrogen-bond donors (Lipinski definition) is 3. The summed E-state index contributed by atoms with van der Waals surface area (Å²) in [5.74, 6) is -1.70. The third kappa shape index (κ3) is 6.06. The lowest BCUT2D eigenvalue weighted by atomic mass is 9.96. The van der Waals surface area contributed by atoms with Crippen molar-refractivity contribution in [2.24, 2.45) is 5.92 Å². The number of rotatable bonds is 6. The van der Waals surface area contributed by atoms with Crippen LogP contribution in [-0.2, 0) is 9.59 Å². The van der Waals surface area contributed by atoms with Gasteiger partial charge >= 0.3 is 12.0 Å². The number of carbonyl (C=O) groups excluding carboxylic acids is 2. The number of amides is 3. The van der Waals surface area contributed by atoms with Crippen LogP contribution in [0, 0.1) is 11.7 Å². The van der Waals surface area contributed by atoms with Gasteiger partial charge in [0.2, 0.25) is 5.91 Å². The molecule has 0 aromatic heterocycles. The SMILES string of the molecule is O=C(O)CCCNC(=O)N1CCC(C(=O)Nc2cccc(F)c2)CC1. The van der Waals surface area contributed by atoms with Gasteiger partial charge < -0.3 is 20.6 Å². The first-order valence-electron chi connectivity index (χ1n) is 8.26. The number of anilines is 1. The molecular weight excluding hydrogens is 329 g/mol. The van der Waals surface area contributed by atoms with Crippen LogP contribution in [0.5, 0.6) is 0 Å². The minimum absolute atomic E-state index is 0.0165. The topological polar surface area (TPSA) is 98.7 Å². The predicted molar refractivity (Wildman–Crippen MR) is 89.6 cm³/mol. The van der Waals surface area contributed by atoms with E-state index in [1.165, 1.54) is 18.2 Å². The number of halogens is 1. The Kier molecular flexibility index (Phi) is 6.73. The molecule has 0 bridgehead atoms. The molecule has 7 nitrogen and oxygen atoms in total. The monoisotopic (exact) mass is 351 g/mol. The third-order valence-corrected chi connectivity index (χ3v) is 4.09. The Balaban J connectivity index is 1.72. The van der Waals surface area contributed by atoms with Crippen molar-refractivity contribution >= 4 is 23.6 Å². The first-order valence-corrected chi connectivity index (χ1v) is 8.26. The van der Waals surface area contributed by atoms with Gasteiger partial charge in [-0.05, 0) is 37.5 Å². The molecule has 0 atom stereocenters. The van der Waals surface area contributed by atoms with Gasteiger partial charge in [-0.2, -0.15) is 0 Å². The lowest BCUT2D eigenvalue weighted by Crippen LogP contribution is -2.46. The zero-order valence-electron chi connectivity index (χ0n) is 13.8. The molecule has 1 aromatic rings. The van der Waals surface area contributed by atoms with Crippen molar-refractivity contribution in [1.82, 2.24) is 10.2 Å². The fraction of sp³-hybridized carbons (Fsp3) is 0.471. The van der Waals surface area contributed by atoms with Crippen LogP contribution in [0.25, 0.3) is 0 Å². The molecule has 0 unspecified atom stereocenters. The van der Waals surface area contributed by atoms with E-state index >= 15 is 0 Å². The number of nitrogens with zero attached hydrogens (tertiary/aromatic N) is 1. The summed E-state index contributed by atoms with van der Waals surface area (Å²) in [7, 11) is 0. The van der Waals surface area contributed by atoms with Gasteiger partial charge in [0.05, 0.1) is 0 Å². The van der Waals surface area contributed by atoms with Crippen LogP contribution in [0.1, 0.15) is 25.7 Å². The van der Waals surface area contributed by atoms with Gasteiger partial charge in [-0.25, -0.2) is 9.18 Å². The van der Waals surface area contributed by atoms with E-state index in [1.807, 2.05) is 0 Å². The number of aliphatic carboxylic acids is 1. The van der Waals surface area contributed by atoms with Gasteiger partial charge in [0.25, 0.3) is 0 Å². The normalized spacial score (nSPS) is 14.8. The van der Waals surface area contributed by atoms with Crippen LogP contribution in [0.3, 0.4) is 0 Å². The maximum Gasteiger partial charge on any atom is 0.317 e. The van der Waals surface area contributed by atoms with Crippen LogP contribution < -0.4 is 10.6 Å². The van der Waals surface area contributed by atoms with Crippen LogP contribution in [0.4, 0.5) is 14.9 Å². The van der Waals surface area contributed by atoms with Crippen molar-refractivity contribution in [2.75, 3.05) is 25.0 Å². The Hall–Kier alpha value is -2.64. The van der Waals surface area contributed by atoms with Crippen molar-refractivity contribution < 1.29 is 23.9 Å². The van der Waals surface area contributed by atoms with Crippen molar-refractivity contribution in [2.45, 2.75) is 25.7 Å². The standard InChI is InChI=1S/C17H22FN3O4/c18-13-3-1-4-14(11-13)20-16(24)12-6-9-21(10-7-12)17(25)19-8-2-5-15(22)23/h1,3-4,11-12H,2,5-10H2,(H,19,25)(H,20,24)(H,22,23). The second kappa shape index (κ2) is 9.00. The number of hydrogen-bond acceptors (Lipinski definition) is 3. The highest BCUT2D eigenvalue weighted by atomic mass is 19.1. The second-order valence-electron chi connectivity index (χ2n) is 5.99. The summed E-state index contributed by atoms with van der Waals surface area (Å²) in [5, 5.41) is 13.9. The van der Waals surface area contributed by atoms with E-state index in [0.717, 1.165) is 0 Å². The predicted octanol–water partition coefficient (Wildman–Crippen LogP) is 2.05. The van der Waals surface area contributed by atoms with E-state index in [9.17, 15) is 18.8 Å². The summed E-state index contributed by atoms with van der Waals surface area (Å²) in [6.45, 7) is 1.21. The summed E-state index contributed by atoms with van der Waals surface area (Å²) in [6, 6.07) is 5.48. The lowest BCUT2D eigenvalue weighted by Gasteiger charge is -2.31. The number of urea groups is 1. The second-order valence-corrected chi connectivity index (χ2v) is 5.99. The van der Waals surface area contributed by atoms with Crippen LogP contribution in [-0.4, -0.2) is 47.5 Å². The zero-order valence-corrected chi connectivity index (χ0v) is 13.8. The Labute approximate surface area is 145 Å². The van der Waals surface area contributed by atoms with Gasteiger partial charge in [-0.3, -0.25) is 9.59 Å². The molecule has 8 heteroatoms. The van der Waals surface area contributed by atoms with E-state index in [1.54, 1.807) is 11.0 Å². The molecule has 136 valence electrons. The third-order valence-electron chi connectivity index (χ3n) is 4.09. The van der Waals surface area contributed by atoms with Crippen molar-refractivity contribution in [3.63, 3.8) is 0 Å². The number of benzene rings is 1. The van der Waals surface area contributed by atoms with E-state index in [-0.39, 0.29) is 24.3 Å². The number of nitrogens with one attached hydrogen (secondary N) is 2. The molecule has 1 heterocycles. The molecule has 3 amide bonds. The molecule has 1 saturated heterocycles. The molecule has 0 radical (unpaired) electrons. The van der Waals surface area contributed by atoms with Crippen LogP contribution in [0.15, 0.2) is 24.3 Å². The van der Waals surface area contributed by atoms with Crippen molar-refractivity contribution in [3.05, 3.63) is 30.1 Å². The van der Waals surface area contributed by atoms with Gasteiger partial charge in [0, 0.05) is 37.7 Å². The fourth-order valence-corrected chi connectivity index (χ4v) is 2.70. The van der Waals surface area contributed by atoms with E-state index in [4.69, 9.17) is 5.11 Å². The van der Waals surface area contributed by atoms with Gasteiger partial charge in [0.15, 0.2) is 0 Å². The maximum atomic E-state index is 13.1. The highest BCUT2D eigenvalue weighted by Gasteiger charge is 2.27. The number of carbonyl (C=O) groups is 3. The average molecular weight is 351 g/mol. The zero-order chi connectivity index (χ0) is 18.2. The Morgan fingerprint density at radius 2 is 1.96 bits per heavy atom. The van der Waals surface area contributed by atoms with Crippen LogP contribution in [0.2, 0.25) is 0 Å². The Morgan fingerprint density at radius 1 is 1.24 bits per heavy atom. The van der Waals surface area contributed by atoms with Gasteiger partial charge in [-0.15, -0.1) is 0 Å². The Morgan fingerprint density at radius 3 is 2.60 bits per heavy atom. The lowest BCUT2D eigenvalue weighted by molar-refractivity contribution is -0.137. The summed E-state index contributed by atoms with van der Waals surface area (Å²) in [5.41, 5.74) is 0.420. The van der Waals surface area contributed by atoms with Crippen molar-refractivity contribution in [3.8, 4) is 0 Å². The van der Waals surface area contributed by atoms with Gasteiger partial charge in [-0.1, -0.05) is 6.07 Å². The highest BCUT2D eigenvalue weighted by molar-refractivity contribution is 5.92. The Bertz CT molecular complexity index is 630. The molecule has 0 aliphatic carbocycles. The molecular formula is C17H22FN3O4. The molecule has 1 aromatic carbocycles. The number of carboxylic acid groups (broad SMARTS) is 1. The minimum atomic E-state index is -0.889. The molecule has 1 fully saturated rings. The molecule has 2 rings (SSSR count). The largest absolute Gasteiger partial charge is 0.481 e. The summed E-state index contributed by atoms with van der Waals surface area (Å²) in [4.78, 5) is 36.2. The average Bonchev–Trinajstić information content (AvgIpc) is 2.58. The van der Waals surface area contributed by atoms with Crippen molar-refractivity contribution in [1.29, 1.82) is 0 Å². The number of likely N-dealkylation sites (tertiary alicyclic amines) is 1. The summed E-state index contributed by atoms with van der Waals surface area (Å²) >= 11 is 0. The minimum Gasteiger partial charge on any atom is -0.481 e. The molecule has 0 saturated carbocycles. The molecule has 25 heavy (non-hydrogen) atoms. The van der Waals surface area contributed by atoms with E-state index in [0.29, 0.717) is 44.6 Å². The smallest absolute Gasteiger partial charge is 0.317 e. The molecule has 0 spiro atoms. The maximum absolute atomic E-state index is 13.1. The van der Waals surface area contributed by atoms with E-state index < -0.39 is 11.8 Å². The number of carboxylic acids is 1. The first kappa shape index (κ1) is 18.7. The fourth-order valence-electron chi connectivity index (χ4n) is 2.70. The molecule has 1 aliphatic rings. The highest BCUT2D eigenvalue weighted by Crippen LogP contribution is 2.20. The van der Waals surface area contributed by atoms with Crippen LogP contribution >= 0.6 is 0 Å². The number of piperidine rings is 1. The van der Waals surface area contributed by atoms with E-state index in [2.05, 4.69) is 10.6 Å². The summed E-state index contributed by atoms with van der Waals surface area (Å²) in [6.07, 6.45) is 1.46.